The number of rotatable bonds is 11. The van der Waals surface area contributed by atoms with Gasteiger partial charge in [0.1, 0.15) is 12.1 Å². The molecule has 1 aliphatic rings. The van der Waals surface area contributed by atoms with Gasteiger partial charge in [-0.25, -0.2) is 10.2 Å². The molecule has 1 fully saturated rings. The Morgan fingerprint density at radius 1 is 1.23 bits per heavy atom. The van der Waals surface area contributed by atoms with Crippen molar-refractivity contribution < 1.29 is 19.1 Å². The number of amides is 3. The molecule has 5 N–H and O–H groups in total. The summed E-state index contributed by atoms with van der Waals surface area (Å²) in [6.45, 7) is 3.61. The molecule has 1 aromatic carbocycles. The van der Waals surface area contributed by atoms with E-state index in [4.69, 9.17) is 10.5 Å². The number of hydrogen-bond donors (Lipinski definition) is 4. The Morgan fingerprint density at radius 3 is 2.70 bits per heavy atom. The lowest BCUT2D eigenvalue weighted by Crippen LogP contribution is -2.55. The third-order valence-electron chi connectivity index (χ3n) is 4.95. The average molecular weight is 420 g/mol. The summed E-state index contributed by atoms with van der Waals surface area (Å²) in [5.74, 6) is -0.532. The number of nitrogens with two attached hydrogens (primary N) is 1. The van der Waals surface area contributed by atoms with Gasteiger partial charge in [0.2, 0.25) is 5.91 Å². The molecule has 0 bridgehead atoms. The van der Waals surface area contributed by atoms with Crippen molar-refractivity contribution in [2.45, 2.75) is 51.1 Å². The van der Waals surface area contributed by atoms with Gasteiger partial charge < -0.3 is 20.7 Å². The molecular weight excluding hydrogens is 386 g/mol. The minimum Gasteiger partial charge on any atom is -0.450 e. The van der Waals surface area contributed by atoms with Crippen molar-refractivity contribution >= 4 is 17.9 Å². The zero-order valence-corrected chi connectivity index (χ0v) is 17.6. The fourth-order valence-corrected chi connectivity index (χ4v) is 3.46. The molecule has 1 heterocycles. The number of carbonyl (C=O) groups excluding carboxylic acids is 3. The van der Waals surface area contributed by atoms with Gasteiger partial charge in [-0.1, -0.05) is 30.3 Å². The summed E-state index contributed by atoms with van der Waals surface area (Å²) in [7, 11) is 0. The molecule has 2 unspecified atom stereocenters. The summed E-state index contributed by atoms with van der Waals surface area (Å²) >= 11 is 0. The van der Waals surface area contributed by atoms with E-state index in [1.165, 1.54) is 0 Å². The molecule has 0 aliphatic carbocycles. The normalized spacial score (nSPS) is 16.7. The number of benzene rings is 1. The molecule has 9 nitrogen and oxygen atoms in total. The molecule has 166 valence electrons. The van der Waals surface area contributed by atoms with E-state index >= 15 is 0 Å². The molecule has 1 aliphatic heterocycles. The Kier molecular flexibility index (Phi) is 10.1. The van der Waals surface area contributed by atoms with Crippen molar-refractivity contribution in [2.24, 2.45) is 5.73 Å². The van der Waals surface area contributed by atoms with Gasteiger partial charge in [0.25, 0.3) is 5.91 Å². The van der Waals surface area contributed by atoms with Gasteiger partial charge in [-0.2, -0.15) is 0 Å². The Balaban J connectivity index is 2.02. The summed E-state index contributed by atoms with van der Waals surface area (Å²) in [6.07, 6.45) is 2.72. The topological polar surface area (TPSA) is 126 Å². The first kappa shape index (κ1) is 23.6. The van der Waals surface area contributed by atoms with Crippen LogP contribution in [0.5, 0.6) is 0 Å². The van der Waals surface area contributed by atoms with E-state index in [9.17, 15) is 14.4 Å². The molecule has 2 rings (SSSR count). The Hall–Kier alpha value is -2.65. The lowest BCUT2D eigenvalue weighted by molar-refractivity contribution is -0.140. The highest BCUT2D eigenvalue weighted by Crippen LogP contribution is 2.19. The fourth-order valence-electron chi connectivity index (χ4n) is 3.46. The van der Waals surface area contributed by atoms with Crippen LogP contribution in [0.3, 0.4) is 0 Å². The molecule has 2 atom stereocenters. The number of ether oxygens (including phenoxy) is 1. The molecule has 30 heavy (non-hydrogen) atoms. The number of alkyl carbamates (subject to hydrolysis) is 1. The van der Waals surface area contributed by atoms with E-state index in [-0.39, 0.29) is 18.4 Å². The fraction of sp³-hybridized carbons (Fsp3) is 0.571. The average Bonchev–Trinajstić information content (AvgIpc) is 3.23. The molecular formula is C21H33N5O4. The molecule has 0 aromatic heterocycles. The zero-order chi connectivity index (χ0) is 21.8. The van der Waals surface area contributed by atoms with E-state index in [0.29, 0.717) is 32.5 Å². The molecule has 9 heteroatoms. The van der Waals surface area contributed by atoms with Crippen molar-refractivity contribution in [3.63, 3.8) is 0 Å². The second-order valence-electron chi connectivity index (χ2n) is 7.21. The van der Waals surface area contributed by atoms with Gasteiger partial charge in [-0.3, -0.25) is 15.0 Å². The Morgan fingerprint density at radius 2 is 2.00 bits per heavy atom. The minimum absolute atomic E-state index is 0.211. The van der Waals surface area contributed by atoms with Crippen molar-refractivity contribution in [2.75, 3.05) is 26.2 Å². The van der Waals surface area contributed by atoms with Crippen molar-refractivity contribution in [3.05, 3.63) is 35.9 Å². The molecule has 3 amide bonds. The van der Waals surface area contributed by atoms with Crippen LogP contribution in [0.15, 0.2) is 30.3 Å². The summed E-state index contributed by atoms with van der Waals surface area (Å²) in [4.78, 5) is 39.4. The van der Waals surface area contributed by atoms with Crippen LogP contribution in [0.25, 0.3) is 0 Å². The van der Waals surface area contributed by atoms with Crippen LogP contribution in [0.1, 0.15) is 38.2 Å². The van der Waals surface area contributed by atoms with Gasteiger partial charge in [-0.05, 0) is 44.7 Å². The first-order valence-electron chi connectivity index (χ1n) is 10.6. The Labute approximate surface area is 177 Å². The smallest absolute Gasteiger partial charge is 0.407 e. The maximum absolute atomic E-state index is 13.3. The molecule has 0 spiro atoms. The second-order valence-corrected chi connectivity index (χ2v) is 7.21. The molecule has 1 aromatic rings. The van der Waals surface area contributed by atoms with Gasteiger partial charge >= 0.3 is 6.09 Å². The number of hydrazine groups is 1. The van der Waals surface area contributed by atoms with Crippen LogP contribution in [0, 0.1) is 0 Å². The van der Waals surface area contributed by atoms with Crippen LogP contribution in [0.2, 0.25) is 0 Å². The van der Waals surface area contributed by atoms with Crippen LogP contribution in [-0.4, -0.2) is 61.1 Å². The quantitative estimate of drug-likeness (QED) is 0.309. The number of nitrogens with zero attached hydrogens (tertiary/aromatic N) is 1. The van der Waals surface area contributed by atoms with Crippen molar-refractivity contribution in [1.29, 1.82) is 0 Å². The first-order valence-corrected chi connectivity index (χ1v) is 10.6. The summed E-state index contributed by atoms with van der Waals surface area (Å²) in [5, 5.41) is 2.66. The second kappa shape index (κ2) is 12.8. The van der Waals surface area contributed by atoms with E-state index < -0.39 is 18.2 Å². The predicted octanol–water partition coefficient (Wildman–Crippen LogP) is 0.695. The van der Waals surface area contributed by atoms with Crippen molar-refractivity contribution in [1.82, 2.24) is 21.1 Å². The van der Waals surface area contributed by atoms with Crippen LogP contribution >= 0.6 is 0 Å². The maximum Gasteiger partial charge on any atom is 0.407 e. The monoisotopic (exact) mass is 419 g/mol. The van der Waals surface area contributed by atoms with E-state index in [1.807, 2.05) is 30.3 Å². The highest BCUT2D eigenvalue weighted by molar-refractivity contribution is 5.91. The third-order valence-corrected chi connectivity index (χ3v) is 4.95. The lowest BCUT2D eigenvalue weighted by Gasteiger charge is -2.28. The molecule has 1 saturated heterocycles. The van der Waals surface area contributed by atoms with E-state index in [0.717, 1.165) is 24.8 Å². The van der Waals surface area contributed by atoms with Gasteiger partial charge in [0, 0.05) is 19.5 Å². The molecule has 0 saturated carbocycles. The number of carbonyl (C=O) groups is 3. The standard InChI is InChI=1S/C21H33N5O4/c1-2-30-21(29)24-17(15-16-9-4-3-5-10-16)20(28)26-14-8-11-18(26)19(27)25-23-13-7-6-12-22/h3-5,9-10,17-18,23H,2,6-8,11-15,22H2,1H3,(H,24,29)(H,25,27). The van der Waals surface area contributed by atoms with E-state index in [1.54, 1.807) is 11.8 Å². The van der Waals surface area contributed by atoms with Crippen molar-refractivity contribution in [3.8, 4) is 0 Å². The van der Waals surface area contributed by atoms with Gasteiger partial charge in [0.05, 0.1) is 6.61 Å². The number of hydrogen-bond acceptors (Lipinski definition) is 6. The Bertz CT molecular complexity index is 685. The summed E-state index contributed by atoms with van der Waals surface area (Å²) in [5.41, 5.74) is 11.9. The maximum atomic E-state index is 13.3. The van der Waals surface area contributed by atoms with Crippen LogP contribution < -0.4 is 21.9 Å². The van der Waals surface area contributed by atoms with Crippen LogP contribution in [-0.2, 0) is 20.7 Å². The van der Waals surface area contributed by atoms with E-state index in [2.05, 4.69) is 16.2 Å². The number of unbranched alkanes of at least 4 members (excludes halogenated alkanes) is 1. The first-order chi connectivity index (χ1) is 14.6. The SMILES string of the molecule is CCOC(=O)NC(Cc1ccccc1)C(=O)N1CCCC1C(=O)NNCCCCN. The highest BCUT2D eigenvalue weighted by Gasteiger charge is 2.37. The lowest BCUT2D eigenvalue weighted by atomic mass is 10.0. The minimum atomic E-state index is -0.808. The zero-order valence-electron chi connectivity index (χ0n) is 17.6. The number of nitrogens with one attached hydrogen (secondary N) is 3. The molecule has 0 radical (unpaired) electrons. The summed E-state index contributed by atoms with van der Waals surface area (Å²) < 4.78 is 4.96. The third kappa shape index (κ3) is 7.31. The number of likely N-dealkylation sites (tertiary alicyclic amines) is 1. The highest BCUT2D eigenvalue weighted by atomic mass is 16.5. The summed E-state index contributed by atoms with van der Waals surface area (Å²) in [6, 6.07) is 8.06. The van der Waals surface area contributed by atoms with Gasteiger partial charge in [0.15, 0.2) is 0 Å². The van der Waals surface area contributed by atoms with Gasteiger partial charge in [-0.15, -0.1) is 0 Å². The van der Waals surface area contributed by atoms with Crippen LogP contribution in [0.4, 0.5) is 4.79 Å². The predicted molar refractivity (Wildman–Crippen MR) is 113 cm³/mol. The largest absolute Gasteiger partial charge is 0.450 e.